The summed E-state index contributed by atoms with van der Waals surface area (Å²) in [4.78, 5) is 0. The van der Waals surface area contributed by atoms with Gasteiger partial charge in [0.2, 0.25) is 0 Å². The van der Waals surface area contributed by atoms with Crippen LogP contribution >= 0.6 is 0 Å². The summed E-state index contributed by atoms with van der Waals surface area (Å²) in [5, 5.41) is 0. The minimum absolute atomic E-state index is 0.685. The molecule has 2 aromatic carbocycles. The molecular formula is C24H28Zr. The second-order valence-electron chi connectivity index (χ2n) is 8.48. The van der Waals surface area contributed by atoms with E-state index in [4.69, 9.17) is 0 Å². The number of rotatable bonds is 2. The zero-order chi connectivity index (χ0) is 17.9. The fourth-order valence-corrected chi connectivity index (χ4v) is 18.1. The van der Waals surface area contributed by atoms with Gasteiger partial charge in [0.15, 0.2) is 0 Å². The molecule has 0 spiro atoms. The first kappa shape index (κ1) is 17.2. The van der Waals surface area contributed by atoms with E-state index in [1.165, 1.54) is 22.3 Å². The summed E-state index contributed by atoms with van der Waals surface area (Å²) in [6.45, 7) is 9.44. The summed E-state index contributed by atoms with van der Waals surface area (Å²) in [5.41, 5.74) is 12.5. The Morgan fingerprint density at radius 2 is 0.960 bits per heavy atom. The molecule has 128 valence electrons. The third-order valence-electron chi connectivity index (χ3n) is 6.89. The van der Waals surface area contributed by atoms with Crippen molar-refractivity contribution in [2.24, 2.45) is 0 Å². The van der Waals surface area contributed by atoms with Crippen molar-refractivity contribution in [1.29, 1.82) is 0 Å². The summed E-state index contributed by atoms with van der Waals surface area (Å²) < 4.78 is 6.73. The van der Waals surface area contributed by atoms with Gasteiger partial charge in [-0.05, 0) is 0 Å². The van der Waals surface area contributed by atoms with Crippen LogP contribution in [0.5, 0.6) is 0 Å². The monoisotopic (exact) mass is 406 g/mol. The van der Waals surface area contributed by atoms with Gasteiger partial charge in [-0.3, -0.25) is 0 Å². The maximum atomic E-state index is 2.68. The second kappa shape index (κ2) is 5.92. The van der Waals surface area contributed by atoms with Crippen LogP contribution in [0.25, 0.3) is 11.1 Å². The van der Waals surface area contributed by atoms with Gasteiger partial charge < -0.3 is 0 Å². The summed E-state index contributed by atoms with van der Waals surface area (Å²) >= 11 is -2.59. The van der Waals surface area contributed by atoms with Gasteiger partial charge in [0, 0.05) is 0 Å². The fourth-order valence-electron chi connectivity index (χ4n) is 5.59. The summed E-state index contributed by atoms with van der Waals surface area (Å²) in [6, 6.07) is 18.3. The number of fused-ring (bicyclic) bond motifs is 2. The molecule has 2 aliphatic carbocycles. The Balaban J connectivity index is 1.90. The Bertz CT molecular complexity index is 851. The first-order chi connectivity index (χ1) is 11.9. The van der Waals surface area contributed by atoms with E-state index in [-0.39, 0.29) is 0 Å². The van der Waals surface area contributed by atoms with E-state index in [2.05, 4.69) is 85.5 Å². The Hall–Kier alpha value is -1.20. The maximum absolute atomic E-state index is 2.68. The van der Waals surface area contributed by atoms with E-state index >= 15 is 0 Å². The molecule has 0 bridgehead atoms. The van der Waals surface area contributed by atoms with Crippen molar-refractivity contribution in [3.8, 4) is 0 Å². The van der Waals surface area contributed by atoms with Crippen molar-refractivity contribution < 1.29 is 20.3 Å². The van der Waals surface area contributed by atoms with Crippen LogP contribution in [0.4, 0.5) is 0 Å². The molecule has 0 saturated heterocycles. The third kappa shape index (κ3) is 2.35. The van der Waals surface area contributed by atoms with Crippen LogP contribution in [0, 0.1) is 0 Å². The van der Waals surface area contributed by atoms with E-state index in [1.807, 2.05) is 0 Å². The van der Waals surface area contributed by atoms with Crippen molar-refractivity contribution >= 4 is 11.1 Å². The summed E-state index contributed by atoms with van der Waals surface area (Å²) in [6.07, 6.45) is 0. The van der Waals surface area contributed by atoms with Crippen LogP contribution in [0.2, 0.25) is 9.26 Å². The Morgan fingerprint density at radius 3 is 1.36 bits per heavy atom. The van der Waals surface area contributed by atoms with Gasteiger partial charge in [0.25, 0.3) is 0 Å². The molecule has 0 heterocycles. The SMILES string of the molecule is CC1=C(C)[CH]([Zr]([CH3])([CH3])[CH]2C(C)=C(C)c3ccccc32)c2ccccc21. The molecule has 2 aromatic rings. The molecule has 0 aromatic heterocycles. The van der Waals surface area contributed by atoms with Crippen LogP contribution < -0.4 is 0 Å². The van der Waals surface area contributed by atoms with E-state index in [1.54, 1.807) is 22.3 Å². The molecule has 0 radical (unpaired) electrons. The molecule has 0 amide bonds. The van der Waals surface area contributed by atoms with Crippen molar-refractivity contribution in [3.05, 3.63) is 81.9 Å². The molecule has 0 saturated carbocycles. The van der Waals surface area contributed by atoms with Crippen molar-refractivity contribution in [2.75, 3.05) is 0 Å². The third-order valence-corrected chi connectivity index (χ3v) is 17.9. The number of hydrogen-bond acceptors (Lipinski definition) is 0. The van der Waals surface area contributed by atoms with Gasteiger partial charge in [0.1, 0.15) is 0 Å². The average Bonchev–Trinajstić information content (AvgIpc) is 3.01. The number of allylic oxidation sites excluding steroid dienone is 4. The predicted octanol–water partition coefficient (Wildman–Crippen LogP) is 7.33. The van der Waals surface area contributed by atoms with Crippen LogP contribution in [0.3, 0.4) is 0 Å². The van der Waals surface area contributed by atoms with Gasteiger partial charge in [0.05, 0.1) is 0 Å². The van der Waals surface area contributed by atoms with Crippen molar-refractivity contribution in [2.45, 2.75) is 44.2 Å². The van der Waals surface area contributed by atoms with Crippen molar-refractivity contribution in [1.82, 2.24) is 0 Å². The van der Waals surface area contributed by atoms with E-state index < -0.39 is 20.3 Å². The zero-order valence-electron chi connectivity index (χ0n) is 16.3. The van der Waals surface area contributed by atoms with Crippen LogP contribution in [-0.4, -0.2) is 0 Å². The van der Waals surface area contributed by atoms with Gasteiger partial charge in [-0.15, -0.1) is 0 Å². The average molecular weight is 408 g/mol. The second-order valence-corrected chi connectivity index (χ2v) is 20.3. The standard InChI is InChI=1S/2C11H11.2CH3.Zr/c2*1-8-7-10-5-3-4-6-11(10)9(8)2;;;/h2*3-7H,1-2H3;2*1H3;. The molecule has 2 aliphatic rings. The molecule has 2 atom stereocenters. The zero-order valence-corrected chi connectivity index (χ0v) is 18.7. The molecule has 4 rings (SSSR count). The first-order valence-electron chi connectivity index (χ1n) is 9.39. The van der Waals surface area contributed by atoms with Crippen LogP contribution in [-0.2, 0) is 20.3 Å². The van der Waals surface area contributed by atoms with Gasteiger partial charge in [-0.25, -0.2) is 0 Å². The normalized spacial score (nSPS) is 22.5. The Kier molecular flexibility index (Phi) is 4.08. The molecular weight excluding hydrogens is 379 g/mol. The topological polar surface area (TPSA) is 0 Å². The van der Waals surface area contributed by atoms with Crippen molar-refractivity contribution in [3.63, 3.8) is 0 Å². The van der Waals surface area contributed by atoms with Gasteiger partial charge >= 0.3 is 158 Å². The van der Waals surface area contributed by atoms with E-state index in [0.717, 1.165) is 0 Å². The van der Waals surface area contributed by atoms with Gasteiger partial charge in [-0.1, -0.05) is 0 Å². The molecule has 1 heteroatoms. The van der Waals surface area contributed by atoms with E-state index in [9.17, 15) is 0 Å². The van der Waals surface area contributed by atoms with E-state index in [0.29, 0.717) is 7.25 Å². The Morgan fingerprint density at radius 1 is 0.600 bits per heavy atom. The number of benzene rings is 2. The van der Waals surface area contributed by atoms with Crippen LogP contribution in [0.15, 0.2) is 59.7 Å². The van der Waals surface area contributed by atoms with Crippen LogP contribution in [0.1, 0.15) is 57.2 Å². The number of hydrogen-bond donors (Lipinski definition) is 0. The first-order valence-corrected chi connectivity index (χ1v) is 17.1. The predicted molar refractivity (Wildman–Crippen MR) is 107 cm³/mol. The summed E-state index contributed by atoms with van der Waals surface area (Å²) in [7, 11) is 0. The molecule has 0 fully saturated rings. The molecule has 0 aliphatic heterocycles. The molecule has 2 unspecified atom stereocenters. The summed E-state index contributed by atoms with van der Waals surface area (Å²) in [5.74, 6) is 0. The minimum atomic E-state index is -2.59. The molecule has 0 N–H and O–H groups in total. The quantitative estimate of drug-likeness (QED) is 0.489. The molecule has 0 nitrogen and oxygen atoms in total. The van der Waals surface area contributed by atoms with Gasteiger partial charge in [-0.2, -0.15) is 0 Å². The Labute approximate surface area is 157 Å². The molecule has 25 heavy (non-hydrogen) atoms. The fraction of sp³-hybridized carbons (Fsp3) is 0.333.